The van der Waals surface area contributed by atoms with Crippen molar-refractivity contribution in [3.8, 4) is 16.9 Å². The van der Waals surface area contributed by atoms with Crippen molar-refractivity contribution in [3.05, 3.63) is 76.3 Å². The predicted molar refractivity (Wildman–Crippen MR) is 122 cm³/mol. The van der Waals surface area contributed by atoms with E-state index < -0.39 is 76.0 Å². The van der Waals surface area contributed by atoms with Crippen LogP contribution in [0.25, 0.3) is 11.1 Å². The molecule has 0 spiro atoms. The number of hydrogen-bond acceptors (Lipinski definition) is 8. The number of aliphatic hydroxyl groups excluding tert-OH is 3. The number of ketones is 2. The highest BCUT2D eigenvalue weighted by Crippen LogP contribution is 2.55. The number of phenolic OH excluding ortho intramolecular Hbond substituents is 1. The molecule has 0 aliphatic heterocycles. The van der Waals surface area contributed by atoms with E-state index in [1.807, 2.05) is 30.3 Å². The van der Waals surface area contributed by atoms with Crippen LogP contribution in [0.4, 0.5) is 0 Å². The lowest BCUT2D eigenvalue weighted by Gasteiger charge is -2.50. The smallest absolute Gasteiger partial charge is 0.255 e. The molecule has 0 radical (unpaired) electrons. The molecule has 1 amide bonds. The van der Waals surface area contributed by atoms with Crippen molar-refractivity contribution < 1.29 is 39.9 Å². The van der Waals surface area contributed by atoms with Crippen molar-refractivity contribution in [2.45, 2.75) is 31.0 Å². The van der Waals surface area contributed by atoms with Gasteiger partial charge in [0.15, 0.2) is 11.4 Å². The Balaban J connectivity index is 1.72. The Hall–Kier alpha value is -3.95. The molecular weight excluding hydrogens is 454 g/mol. The zero-order valence-electron chi connectivity index (χ0n) is 18.6. The fourth-order valence-electron chi connectivity index (χ4n) is 5.82. The maximum absolute atomic E-state index is 13.6. The van der Waals surface area contributed by atoms with Crippen LogP contribution in [0.1, 0.15) is 35.2 Å². The number of carbonyl (C=O) groups is 3. The van der Waals surface area contributed by atoms with Crippen molar-refractivity contribution in [3.63, 3.8) is 0 Å². The first kappa shape index (κ1) is 22.8. The molecule has 0 bridgehead atoms. The number of carbonyl (C=O) groups excluding carboxylic acids is 3. The van der Waals surface area contributed by atoms with E-state index in [0.29, 0.717) is 11.1 Å². The van der Waals surface area contributed by atoms with Crippen LogP contribution in [0.15, 0.2) is 65.1 Å². The van der Waals surface area contributed by atoms with Gasteiger partial charge in [0, 0.05) is 23.8 Å². The molecule has 0 fully saturated rings. The average Bonchev–Trinajstić information content (AvgIpc) is 2.81. The van der Waals surface area contributed by atoms with Gasteiger partial charge < -0.3 is 31.3 Å². The van der Waals surface area contributed by atoms with Crippen LogP contribution >= 0.6 is 0 Å². The van der Waals surface area contributed by atoms with Gasteiger partial charge in [-0.2, -0.15) is 0 Å². The van der Waals surface area contributed by atoms with E-state index in [4.69, 9.17) is 5.73 Å². The second kappa shape index (κ2) is 7.53. The van der Waals surface area contributed by atoms with Crippen molar-refractivity contribution in [1.29, 1.82) is 0 Å². The third-order valence-corrected chi connectivity index (χ3v) is 7.54. The van der Waals surface area contributed by atoms with Crippen LogP contribution in [0, 0.1) is 11.8 Å². The molecule has 7 N–H and O–H groups in total. The molecule has 180 valence electrons. The number of hydrogen-bond donors (Lipinski definition) is 6. The van der Waals surface area contributed by atoms with E-state index in [1.165, 1.54) is 6.07 Å². The minimum atomic E-state index is -2.84. The molecule has 9 heteroatoms. The summed E-state index contributed by atoms with van der Waals surface area (Å²) in [6.45, 7) is 1.69. The summed E-state index contributed by atoms with van der Waals surface area (Å²) in [7, 11) is 0. The lowest BCUT2D eigenvalue weighted by molar-refractivity contribution is -0.154. The Morgan fingerprint density at radius 2 is 1.71 bits per heavy atom. The summed E-state index contributed by atoms with van der Waals surface area (Å²) >= 11 is 0. The number of amides is 1. The molecule has 0 aromatic heterocycles. The van der Waals surface area contributed by atoms with Crippen LogP contribution in [0.2, 0.25) is 0 Å². The van der Waals surface area contributed by atoms with Crippen LogP contribution in [0.5, 0.6) is 5.75 Å². The van der Waals surface area contributed by atoms with Crippen molar-refractivity contribution >= 4 is 17.5 Å². The fourth-order valence-corrected chi connectivity index (χ4v) is 5.82. The number of primary amides is 1. The number of benzene rings is 2. The third kappa shape index (κ3) is 2.92. The summed E-state index contributed by atoms with van der Waals surface area (Å²) in [6.07, 6.45) is -2.07. The fraction of sp³-hybridized carbons (Fsp3) is 0.269. The van der Waals surface area contributed by atoms with E-state index in [-0.39, 0.29) is 11.3 Å². The van der Waals surface area contributed by atoms with Crippen LogP contribution in [-0.2, 0) is 9.59 Å². The molecule has 5 rings (SSSR count). The molecule has 0 heterocycles. The van der Waals surface area contributed by atoms with Gasteiger partial charge in [0.2, 0.25) is 5.78 Å². The summed E-state index contributed by atoms with van der Waals surface area (Å²) in [4.78, 5) is 38.3. The SMILES string of the molecule is C[C@H]1c2cc(-c3ccccc3)cc(O)c2C(=O)C2=C(O)[C@]3(O)C(=O)C(C(N)=O)=C(O)CC3[C@@H](O)C21. The molecule has 2 unspecified atom stereocenters. The average molecular weight is 477 g/mol. The van der Waals surface area contributed by atoms with Crippen molar-refractivity contribution in [1.82, 2.24) is 0 Å². The number of Topliss-reactive ketones (excluding diaryl/α,β-unsaturated/α-hetero) is 2. The molecule has 3 aliphatic carbocycles. The minimum Gasteiger partial charge on any atom is -0.511 e. The molecular formula is C26H23NO8. The summed E-state index contributed by atoms with van der Waals surface area (Å²) in [5, 5.41) is 54.8. The first-order chi connectivity index (χ1) is 16.5. The predicted octanol–water partition coefficient (Wildman–Crippen LogP) is 1.78. The number of allylic oxidation sites excluding steroid dienone is 1. The van der Waals surface area contributed by atoms with E-state index in [9.17, 15) is 39.9 Å². The quantitative estimate of drug-likeness (QED) is 0.354. The van der Waals surface area contributed by atoms with Gasteiger partial charge in [0.25, 0.3) is 5.91 Å². The molecule has 5 atom stereocenters. The monoisotopic (exact) mass is 477 g/mol. The van der Waals surface area contributed by atoms with Gasteiger partial charge in [0.05, 0.1) is 11.7 Å². The van der Waals surface area contributed by atoms with E-state index in [1.54, 1.807) is 13.0 Å². The van der Waals surface area contributed by atoms with E-state index in [2.05, 4.69) is 0 Å². The topological polar surface area (TPSA) is 178 Å². The van der Waals surface area contributed by atoms with Crippen molar-refractivity contribution in [2.75, 3.05) is 0 Å². The molecule has 9 nitrogen and oxygen atoms in total. The second-order valence-electron chi connectivity index (χ2n) is 9.31. The van der Waals surface area contributed by atoms with Gasteiger partial charge in [0.1, 0.15) is 22.8 Å². The molecule has 35 heavy (non-hydrogen) atoms. The standard InChI is InChI=1S/C26H23NO8/c1-10-13-7-12(11-5-3-2-4-6-11)8-15(28)18(13)22(31)20-17(10)21(30)14-9-16(29)19(25(27)34)23(32)26(14,35)24(20)33/h2-8,10,14,17,21,28-30,33,35H,9H2,1H3,(H2,27,34)/t10-,14?,17?,21+,26+/m0/s1. The Morgan fingerprint density at radius 3 is 2.34 bits per heavy atom. The zero-order valence-corrected chi connectivity index (χ0v) is 18.6. The molecule has 2 aromatic rings. The lowest BCUT2D eigenvalue weighted by Crippen LogP contribution is -2.62. The number of fused-ring (bicyclic) bond motifs is 3. The van der Waals surface area contributed by atoms with E-state index >= 15 is 0 Å². The van der Waals surface area contributed by atoms with Crippen LogP contribution in [0.3, 0.4) is 0 Å². The molecule has 2 aromatic carbocycles. The first-order valence-corrected chi connectivity index (χ1v) is 11.1. The third-order valence-electron chi connectivity index (χ3n) is 7.54. The highest BCUT2D eigenvalue weighted by atomic mass is 16.4. The Kier molecular flexibility index (Phi) is 4.91. The Labute approximate surface area is 199 Å². The summed E-state index contributed by atoms with van der Waals surface area (Å²) in [5.41, 5.74) is 2.78. The molecule has 0 saturated carbocycles. The van der Waals surface area contributed by atoms with Crippen molar-refractivity contribution in [2.24, 2.45) is 17.6 Å². The maximum atomic E-state index is 13.6. The van der Waals surface area contributed by atoms with Crippen LogP contribution in [-0.4, -0.2) is 54.7 Å². The van der Waals surface area contributed by atoms with Gasteiger partial charge in [-0.3, -0.25) is 14.4 Å². The Bertz CT molecular complexity index is 1380. The van der Waals surface area contributed by atoms with Gasteiger partial charge in [-0.1, -0.05) is 37.3 Å². The zero-order chi connectivity index (χ0) is 25.4. The van der Waals surface area contributed by atoms with E-state index in [0.717, 1.165) is 5.56 Å². The highest BCUT2D eigenvalue weighted by Gasteiger charge is 2.64. The minimum absolute atomic E-state index is 0.110. The van der Waals surface area contributed by atoms with Gasteiger partial charge in [-0.05, 0) is 34.7 Å². The summed E-state index contributed by atoms with van der Waals surface area (Å²) < 4.78 is 0. The lowest BCUT2D eigenvalue weighted by atomic mass is 9.56. The van der Waals surface area contributed by atoms with Gasteiger partial charge in [-0.25, -0.2) is 0 Å². The number of aliphatic hydroxyl groups is 4. The molecule has 0 saturated heterocycles. The summed E-state index contributed by atoms with van der Waals surface area (Å²) in [6, 6.07) is 12.3. The number of aromatic hydroxyl groups is 1. The van der Waals surface area contributed by atoms with Crippen LogP contribution < -0.4 is 5.73 Å². The number of rotatable bonds is 2. The normalized spacial score (nSPS) is 30.0. The molecule has 3 aliphatic rings. The number of nitrogens with two attached hydrogens (primary N) is 1. The van der Waals surface area contributed by atoms with Gasteiger partial charge >= 0.3 is 0 Å². The maximum Gasteiger partial charge on any atom is 0.255 e. The highest BCUT2D eigenvalue weighted by molar-refractivity contribution is 6.24. The summed E-state index contributed by atoms with van der Waals surface area (Å²) in [5.74, 6) is -8.75. The Morgan fingerprint density at radius 1 is 1.06 bits per heavy atom. The largest absolute Gasteiger partial charge is 0.511 e. The van der Waals surface area contributed by atoms with Gasteiger partial charge in [-0.15, -0.1) is 0 Å². The second-order valence-corrected chi connectivity index (χ2v) is 9.31. The number of phenols is 1. The first-order valence-electron chi connectivity index (χ1n) is 11.1.